The van der Waals surface area contributed by atoms with Crippen molar-refractivity contribution in [3.05, 3.63) is 40.3 Å². The molecular weight excluding hydrogens is 342 g/mol. The van der Waals surface area contributed by atoms with E-state index >= 15 is 0 Å². The first-order valence-electron chi connectivity index (χ1n) is 8.04. The number of rotatable bonds is 6. The molecule has 3 N–H and O–H groups in total. The molecule has 1 aromatic carbocycles. The van der Waals surface area contributed by atoms with E-state index in [4.69, 9.17) is 9.84 Å². The molecule has 0 spiro atoms. The molecule has 25 heavy (non-hydrogen) atoms. The van der Waals surface area contributed by atoms with Gasteiger partial charge in [-0.05, 0) is 50.2 Å². The number of hydrogen-bond acceptors (Lipinski definition) is 6. The van der Waals surface area contributed by atoms with Crippen LogP contribution in [0.5, 0.6) is 5.75 Å². The van der Waals surface area contributed by atoms with E-state index in [1.54, 1.807) is 29.6 Å². The summed E-state index contributed by atoms with van der Waals surface area (Å²) in [6.07, 6.45) is 2.10. The molecule has 2 heterocycles. The molecule has 132 valence electrons. The summed E-state index contributed by atoms with van der Waals surface area (Å²) >= 11 is 1.53. The Morgan fingerprint density at radius 3 is 2.68 bits per heavy atom. The van der Waals surface area contributed by atoms with Crippen LogP contribution in [0.25, 0.3) is 0 Å². The lowest BCUT2D eigenvalue weighted by atomic mass is 9.99. The van der Waals surface area contributed by atoms with Gasteiger partial charge in [0.05, 0.1) is 5.01 Å². The number of nitrogens with one attached hydrogen (secondary N) is 2. The van der Waals surface area contributed by atoms with Crippen molar-refractivity contribution >= 4 is 28.9 Å². The Labute approximate surface area is 149 Å². The lowest BCUT2D eigenvalue weighted by Gasteiger charge is -2.20. The fourth-order valence-corrected chi connectivity index (χ4v) is 3.59. The number of carboxylic acid groups (broad SMARTS) is 1. The highest BCUT2D eigenvalue weighted by atomic mass is 32.1. The van der Waals surface area contributed by atoms with E-state index in [2.05, 4.69) is 15.6 Å². The molecule has 0 atom stereocenters. The second kappa shape index (κ2) is 8.09. The molecule has 8 heteroatoms. The maximum atomic E-state index is 12.3. The third-order valence-electron chi connectivity index (χ3n) is 3.92. The maximum absolute atomic E-state index is 12.3. The van der Waals surface area contributed by atoms with Gasteiger partial charge in [-0.25, -0.2) is 9.78 Å². The Bertz CT molecular complexity index is 739. The molecule has 1 saturated heterocycles. The number of nitrogens with zero attached hydrogens (tertiary/aromatic N) is 1. The van der Waals surface area contributed by atoms with Crippen molar-refractivity contribution in [2.75, 3.05) is 25.0 Å². The summed E-state index contributed by atoms with van der Waals surface area (Å²) in [5, 5.41) is 17.5. The maximum Gasteiger partial charge on any atom is 0.341 e. The summed E-state index contributed by atoms with van der Waals surface area (Å²) in [6.45, 7) is 1.58. The average Bonchev–Trinajstić information content (AvgIpc) is 3.12. The Kier molecular flexibility index (Phi) is 5.62. The second-order valence-corrected chi connectivity index (χ2v) is 6.65. The largest absolute Gasteiger partial charge is 0.482 e. The number of benzene rings is 1. The third-order valence-corrected chi connectivity index (χ3v) is 4.92. The van der Waals surface area contributed by atoms with Crippen LogP contribution in [0, 0.1) is 0 Å². The standard InChI is InChI=1S/C17H19N3O4S/c21-15(22)9-24-13-3-1-12(2-4-13)19-16(23)14-10-25-17(20-14)11-5-7-18-8-6-11/h1-4,10-11,18H,5-9H2,(H,19,23)(H,21,22). The van der Waals surface area contributed by atoms with Gasteiger partial charge in [-0.15, -0.1) is 11.3 Å². The summed E-state index contributed by atoms with van der Waals surface area (Å²) in [6, 6.07) is 6.55. The Hall–Kier alpha value is -2.45. The van der Waals surface area contributed by atoms with Gasteiger partial charge in [0.15, 0.2) is 6.61 Å². The molecule has 0 saturated carbocycles. The van der Waals surface area contributed by atoms with Crippen LogP contribution in [0.4, 0.5) is 5.69 Å². The van der Waals surface area contributed by atoms with Crippen LogP contribution in [0.2, 0.25) is 0 Å². The van der Waals surface area contributed by atoms with Crippen molar-refractivity contribution in [3.8, 4) is 5.75 Å². The van der Waals surface area contributed by atoms with E-state index in [1.807, 2.05) is 0 Å². The van der Waals surface area contributed by atoms with Crippen LogP contribution < -0.4 is 15.4 Å². The summed E-state index contributed by atoms with van der Waals surface area (Å²) in [7, 11) is 0. The number of aromatic nitrogens is 1. The molecule has 7 nitrogen and oxygen atoms in total. The lowest BCUT2D eigenvalue weighted by Crippen LogP contribution is -2.26. The van der Waals surface area contributed by atoms with Crippen molar-refractivity contribution in [2.45, 2.75) is 18.8 Å². The lowest BCUT2D eigenvalue weighted by molar-refractivity contribution is -0.139. The van der Waals surface area contributed by atoms with Crippen LogP contribution in [-0.4, -0.2) is 41.7 Å². The topological polar surface area (TPSA) is 101 Å². The van der Waals surface area contributed by atoms with Gasteiger partial charge in [0.25, 0.3) is 5.91 Å². The highest BCUT2D eigenvalue weighted by Crippen LogP contribution is 2.28. The Morgan fingerprint density at radius 1 is 1.28 bits per heavy atom. The minimum Gasteiger partial charge on any atom is -0.482 e. The fourth-order valence-electron chi connectivity index (χ4n) is 2.62. The number of piperidine rings is 1. The van der Waals surface area contributed by atoms with Crippen molar-refractivity contribution in [3.63, 3.8) is 0 Å². The van der Waals surface area contributed by atoms with Crippen molar-refractivity contribution in [1.82, 2.24) is 10.3 Å². The summed E-state index contributed by atoms with van der Waals surface area (Å²) in [5.74, 6) is -0.429. The molecule has 1 aliphatic heterocycles. The number of anilines is 1. The van der Waals surface area contributed by atoms with Gasteiger partial charge in [-0.3, -0.25) is 4.79 Å². The number of aliphatic carboxylic acids is 1. The highest BCUT2D eigenvalue weighted by Gasteiger charge is 2.20. The van der Waals surface area contributed by atoms with Crippen LogP contribution in [0.1, 0.15) is 34.3 Å². The molecule has 1 fully saturated rings. The summed E-state index contributed by atoms with van der Waals surface area (Å²) in [4.78, 5) is 27.3. The van der Waals surface area contributed by atoms with Crippen molar-refractivity contribution in [2.24, 2.45) is 0 Å². The molecular formula is C17H19N3O4S. The molecule has 0 radical (unpaired) electrons. The van der Waals surface area contributed by atoms with Crippen molar-refractivity contribution in [1.29, 1.82) is 0 Å². The van der Waals surface area contributed by atoms with Gasteiger partial charge in [0.1, 0.15) is 11.4 Å². The minimum atomic E-state index is -1.04. The second-order valence-electron chi connectivity index (χ2n) is 5.76. The van der Waals surface area contributed by atoms with Crippen LogP contribution >= 0.6 is 11.3 Å². The zero-order valence-corrected chi connectivity index (χ0v) is 14.3. The predicted octanol–water partition coefficient (Wildman–Crippen LogP) is 2.33. The number of carbonyl (C=O) groups is 2. The molecule has 1 amide bonds. The Morgan fingerprint density at radius 2 is 2.00 bits per heavy atom. The molecule has 3 rings (SSSR count). The zero-order chi connectivity index (χ0) is 17.6. The number of carboxylic acids is 1. The number of carbonyl (C=O) groups excluding carboxylic acids is 1. The molecule has 0 aliphatic carbocycles. The minimum absolute atomic E-state index is 0.254. The zero-order valence-electron chi connectivity index (χ0n) is 13.5. The SMILES string of the molecule is O=C(O)COc1ccc(NC(=O)c2csc(C3CCNCC3)n2)cc1. The van der Waals surface area contributed by atoms with E-state index in [0.717, 1.165) is 30.9 Å². The molecule has 1 aromatic heterocycles. The number of hydrogen-bond donors (Lipinski definition) is 3. The first-order valence-corrected chi connectivity index (χ1v) is 8.92. The van der Waals surface area contributed by atoms with Crippen LogP contribution in [0.3, 0.4) is 0 Å². The Balaban J connectivity index is 1.58. The van der Waals surface area contributed by atoms with E-state index in [-0.39, 0.29) is 5.91 Å². The van der Waals surface area contributed by atoms with E-state index in [0.29, 0.717) is 23.0 Å². The molecule has 0 unspecified atom stereocenters. The first-order chi connectivity index (χ1) is 12.1. The summed E-state index contributed by atoms with van der Waals surface area (Å²) in [5.41, 5.74) is 1.02. The van der Waals surface area contributed by atoms with Crippen molar-refractivity contribution < 1.29 is 19.4 Å². The van der Waals surface area contributed by atoms with E-state index in [9.17, 15) is 9.59 Å². The van der Waals surface area contributed by atoms with Gasteiger partial charge in [0.2, 0.25) is 0 Å². The predicted molar refractivity (Wildman–Crippen MR) is 94.5 cm³/mol. The average molecular weight is 361 g/mol. The van der Waals surface area contributed by atoms with Crippen LogP contribution in [-0.2, 0) is 4.79 Å². The quantitative estimate of drug-likeness (QED) is 0.730. The van der Waals surface area contributed by atoms with Gasteiger partial charge in [-0.2, -0.15) is 0 Å². The van der Waals surface area contributed by atoms with Gasteiger partial charge in [0, 0.05) is 17.0 Å². The summed E-state index contributed by atoms with van der Waals surface area (Å²) < 4.78 is 5.05. The highest BCUT2D eigenvalue weighted by molar-refractivity contribution is 7.09. The normalized spacial score (nSPS) is 14.9. The molecule has 1 aliphatic rings. The number of thiazole rings is 1. The molecule has 0 bridgehead atoms. The molecule has 2 aromatic rings. The van der Waals surface area contributed by atoms with Gasteiger partial charge in [-0.1, -0.05) is 0 Å². The van der Waals surface area contributed by atoms with E-state index < -0.39 is 12.6 Å². The number of amides is 1. The third kappa shape index (κ3) is 4.77. The first kappa shape index (κ1) is 17.4. The smallest absolute Gasteiger partial charge is 0.341 e. The fraction of sp³-hybridized carbons (Fsp3) is 0.353. The van der Waals surface area contributed by atoms with Gasteiger partial charge < -0.3 is 20.5 Å². The van der Waals surface area contributed by atoms with Crippen LogP contribution in [0.15, 0.2) is 29.6 Å². The van der Waals surface area contributed by atoms with Gasteiger partial charge >= 0.3 is 5.97 Å². The monoisotopic (exact) mass is 361 g/mol. The van der Waals surface area contributed by atoms with E-state index in [1.165, 1.54) is 11.3 Å². The number of ether oxygens (including phenoxy) is 1.